The molecule has 2 aromatic carbocycles. The van der Waals surface area contributed by atoms with Crippen LogP contribution in [0.3, 0.4) is 0 Å². The molecule has 0 saturated carbocycles. The molecule has 1 heterocycles. The summed E-state index contributed by atoms with van der Waals surface area (Å²) in [5.41, 5.74) is 2.01. The zero-order valence-corrected chi connectivity index (χ0v) is 12.3. The van der Waals surface area contributed by atoms with E-state index in [1.807, 2.05) is 36.4 Å². The number of hydrogen-bond donors (Lipinski definition) is 1. The number of nitrogens with one attached hydrogen (secondary N) is 1. The zero-order chi connectivity index (χ0) is 16.1. The molecule has 0 aliphatic heterocycles. The molecule has 4 nitrogen and oxygen atoms in total. The van der Waals surface area contributed by atoms with E-state index in [1.54, 1.807) is 12.1 Å². The second-order valence-corrected chi connectivity index (χ2v) is 4.98. The highest BCUT2D eigenvalue weighted by atomic mass is 19.1. The van der Waals surface area contributed by atoms with Crippen molar-refractivity contribution >= 4 is 5.88 Å². The van der Waals surface area contributed by atoms with Gasteiger partial charge < -0.3 is 9.73 Å². The molecule has 5 heteroatoms. The molecule has 0 fully saturated rings. The molecule has 0 atom stereocenters. The van der Waals surface area contributed by atoms with Gasteiger partial charge in [-0.3, -0.25) is 0 Å². The van der Waals surface area contributed by atoms with Crippen LogP contribution in [0.2, 0.25) is 0 Å². The van der Waals surface area contributed by atoms with Crippen molar-refractivity contribution in [1.29, 1.82) is 5.26 Å². The van der Waals surface area contributed by atoms with Crippen molar-refractivity contribution in [3.8, 4) is 17.5 Å². The Morgan fingerprint density at radius 1 is 1.09 bits per heavy atom. The molecule has 114 valence electrons. The third-order valence-electron chi connectivity index (χ3n) is 3.37. The molecule has 3 rings (SSSR count). The molecule has 23 heavy (non-hydrogen) atoms. The van der Waals surface area contributed by atoms with E-state index in [0.29, 0.717) is 23.9 Å². The lowest BCUT2D eigenvalue weighted by molar-refractivity contribution is 0.584. The number of hydrogen-bond acceptors (Lipinski definition) is 4. The van der Waals surface area contributed by atoms with Crippen LogP contribution < -0.4 is 5.32 Å². The fraction of sp³-hybridized carbons (Fsp3) is 0.111. The summed E-state index contributed by atoms with van der Waals surface area (Å²) < 4.78 is 18.6. The maximum absolute atomic E-state index is 13.0. The van der Waals surface area contributed by atoms with E-state index in [2.05, 4.69) is 10.3 Å². The van der Waals surface area contributed by atoms with Crippen LogP contribution in [0.4, 0.5) is 10.3 Å². The van der Waals surface area contributed by atoms with Crippen LogP contribution in [0, 0.1) is 17.1 Å². The van der Waals surface area contributed by atoms with E-state index in [4.69, 9.17) is 9.68 Å². The Morgan fingerprint density at radius 2 is 1.83 bits per heavy atom. The van der Waals surface area contributed by atoms with Crippen LogP contribution in [-0.2, 0) is 6.42 Å². The van der Waals surface area contributed by atoms with Gasteiger partial charge in [-0.05, 0) is 36.2 Å². The average molecular weight is 307 g/mol. The molecule has 0 amide bonds. The number of nitriles is 1. The predicted octanol–water partition coefficient (Wildman–Crippen LogP) is 4.01. The molecule has 0 saturated heterocycles. The number of nitrogens with zero attached hydrogens (tertiary/aromatic N) is 2. The molecule has 0 bridgehead atoms. The summed E-state index contributed by atoms with van der Waals surface area (Å²) in [7, 11) is 0. The third-order valence-corrected chi connectivity index (χ3v) is 3.37. The van der Waals surface area contributed by atoms with Crippen molar-refractivity contribution in [2.24, 2.45) is 0 Å². The summed E-state index contributed by atoms with van der Waals surface area (Å²) in [4.78, 5) is 4.14. The van der Waals surface area contributed by atoms with Gasteiger partial charge in [0.2, 0.25) is 17.5 Å². The molecule has 0 aliphatic rings. The van der Waals surface area contributed by atoms with Gasteiger partial charge in [0.05, 0.1) is 0 Å². The van der Waals surface area contributed by atoms with Crippen molar-refractivity contribution < 1.29 is 8.81 Å². The predicted molar refractivity (Wildman–Crippen MR) is 85.2 cm³/mol. The Balaban J connectivity index is 1.72. The number of anilines is 1. The number of aromatic nitrogens is 1. The van der Waals surface area contributed by atoms with E-state index in [1.165, 1.54) is 17.7 Å². The average Bonchev–Trinajstić information content (AvgIpc) is 3.00. The van der Waals surface area contributed by atoms with Crippen LogP contribution in [0.25, 0.3) is 11.5 Å². The Labute approximate surface area is 133 Å². The highest BCUT2D eigenvalue weighted by Crippen LogP contribution is 2.25. The summed E-state index contributed by atoms with van der Waals surface area (Å²) in [6, 6.07) is 17.8. The number of benzene rings is 2. The Bertz CT molecular complexity index is 820. The first kappa shape index (κ1) is 14.8. The molecule has 1 N–H and O–H groups in total. The number of rotatable bonds is 5. The molecule has 3 aromatic rings. The van der Waals surface area contributed by atoms with Crippen LogP contribution in [0.15, 0.2) is 59.0 Å². The monoisotopic (exact) mass is 307 g/mol. The normalized spacial score (nSPS) is 10.3. The van der Waals surface area contributed by atoms with Gasteiger partial charge in [-0.2, -0.15) is 10.2 Å². The second kappa shape index (κ2) is 6.75. The van der Waals surface area contributed by atoms with Gasteiger partial charge in [0.1, 0.15) is 11.9 Å². The Kier molecular flexibility index (Phi) is 4.34. The van der Waals surface area contributed by atoms with Crippen molar-refractivity contribution in [1.82, 2.24) is 4.98 Å². The van der Waals surface area contributed by atoms with E-state index >= 15 is 0 Å². The second-order valence-electron chi connectivity index (χ2n) is 4.98. The minimum atomic E-state index is -0.331. The molecular weight excluding hydrogens is 293 g/mol. The SMILES string of the molecule is N#Cc1nc(-c2ccc(F)cc2)oc1NCCc1ccccc1. The first-order chi connectivity index (χ1) is 11.3. The summed E-state index contributed by atoms with van der Waals surface area (Å²) in [6.07, 6.45) is 0.804. The van der Waals surface area contributed by atoms with Crippen molar-refractivity contribution in [3.05, 3.63) is 71.7 Å². The lowest BCUT2D eigenvalue weighted by Gasteiger charge is -2.03. The third kappa shape index (κ3) is 3.55. The summed E-state index contributed by atoms with van der Waals surface area (Å²) in [5.74, 6) is 0.300. The van der Waals surface area contributed by atoms with Crippen LogP contribution in [-0.4, -0.2) is 11.5 Å². The lowest BCUT2D eigenvalue weighted by Crippen LogP contribution is -2.05. The van der Waals surface area contributed by atoms with Crippen LogP contribution >= 0.6 is 0 Å². The van der Waals surface area contributed by atoms with E-state index in [9.17, 15) is 4.39 Å². The van der Waals surface area contributed by atoms with Gasteiger partial charge in [-0.15, -0.1) is 0 Å². The van der Waals surface area contributed by atoms with Gasteiger partial charge in [0.15, 0.2) is 0 Å². The Hall–Kier alpha value is -3.13. The van der Waals surface area contributed by atoms with Gasteiger partial charge >= 0.3 is 0 Å². The van der Waals surface area contributed by atoms with Crippen LogP contribution in [0.5, 0.6) is 0 Å². The van der Waals surface area contributed by atoms with Gasteiger partial charge in [-0.25, -0.2) is 4.39 Å². The topological polar surface area (TPSA) is 61.9 Å². The molecular formula is C18H14FN3O. The lowest BCUT2D eigenvalue weighted by atomic mass is 10.1. The first-order valence-corrected chi connectivity index (χ1v) is 7.21. The van der Waals surface area contributed by atoms with Crippen molar-refractivity contribution in [2.45, 2.75) is 6.42 Å². The first-order valence-electron chi connectivity index (χ1n) is 7.21. The molecule has 0 aliphatic carbocycles. The largest absolute Gasteiger partial charge is 0.419 e. The van der Waals surface area contributed by atoms with Gasteiger partial charge in [0.25, 0.3) is 0 Å². The van der Waals surface area contributed by atoms with E-state index in [-0.39, 0.29) is 11.5 Å². The molecule has 1 aromatic heterocycles. The van der Waals surface area contributed by atoms with Crippen LogP contribution in [0.1, 0.15) is 11.3 Å². The summed E-state index contributed by atoms with van der Waals surface area (Å²) in [5, 5.41) is 12.3. The highest BCUT2D eigenvalue weighted by Gasteiger charge is 2.14. The zero-order valence-electron chi connectivity index (χ0n) is 12.3. The number of oxazole rings is 1. The molecule has 0 spiro atoms. The molecule has 0 unspecified atom stereocenters. The van der Waals surface area contributed by atoms with Gasteiger partial charge in [0, 0.05) is 12.1 Å². The smallest absolute Gasteiger partial charge is 0.232 e. The minimum Gasteiger partial charge on any atom is -0.419 e. The van der Waals surface area contributed by atoms with Crippen molar-refractivity contribution in [2.75, 3.05) is 11.9 Å². The number of halogens is 1. The summed E-state index contributed by atoms with van der Waals surface area (Å²) in [6.45, 7) is 0.622. The maximum Gasteiger partial charge on any atom is 0.232 e. The Morgan fingerprint density at radius 3 is 2.52 bits per heavy atom. The maximum atomic E-state index is 13.0. The molecule has 0 radical (unpaired) electrons. The standard InChI is InChI=1S/C18H14FN3O/c19-15-8-6-14(7-9-15)17-22-16(12-20)18(23-17)21-11-10-13-4-2-1-3-5-13/h1-9,21H,10-11H2. The fourth-order valence-corrected chi connectivity index (χ4v) is 2.20. The van der Waals surface area contributed by atoms with E-state index in [0.717, 1.165) is 6.42 Å². The quantitative estimate of drug-likeness (QED) is 0.773. The minimum absolute atomic E-state index is 0.192. The fourth-order valence-electron chi connectivity index (χ4n) is 2.20. The summed E-state index contributed by atoms with van der Waals surface area (Å²) >= 11 is 0. The van der Waals surface area contributed by atoms with Gasteiger partial charge in [-0.1, -0.05) is 30.3 Å². The van der Waals surface area contributed by atoms with E-state index < -0.39 is 0 Å². The highest BCUT2D eigenvalue weighted by molar-refractivity contribution is 5.58. The van der Waals surface area contributed by atoms with Crippen molar-refractivity contribution in [3.63, 3.8) is 0 Å².